The minimum atomic E-state index is 0.813. The third kappa shape index (κ3) is 2.92. The van der Waals surface area contributed by atoms with E-state index in [-0.39, 0.29) is 0 Å². The summed E-state index contributed by atoms with van der Waals surface area (Å²) in [6.45, 7) is 5.56. The zero-order valence-electron chi connectivity index (χ0n) is 13.6. The molecule has 3 aromatic heterocycles. The van der Waals surface area contributed by atoms with Crippen LogP contribution in [0.5, 0.6) is 0 Å². The first-order chi connectivity index (χ1) is 11.8. The van der Waals surface area contributed by atoms with Crippen molar-refractivity contribution < 1.29 is 0 Å². The second-order valence-corrected chi connectivity index (χ2v) is 5.78. The first kappa shape index (κ1) is 14.6. The van der Waals surface area contributed by atoms with Gasteiger partial charge in [-0.3, -0.25) is 0 Å². The van der Waals surface area contributed by atoms with E-state index in [1.165, 1.54) is 0 Å². The molecule has 3 aromatic rings. The molecule has 0 aromatic carbocycles. The summed E-state index contributed by atoms with van der Waals surface area (Å²) < 4.78 is 1.78. The maximum Gasteiger partial charge on any atom is 0.225 e. The Morgan fingerprint density at radius 2 is 1.62 bits per heavy atom. The van der Waals surface area contributed by atoms with Crippen LogP contribution >= 0.6 is 0 Å². The summed E-state index contributed by atoms with van der Waals surface area (Å²) in [6, 6.07) is 9.86. The molecule has 0 N–H and O–H groups in total. The van der Waals surface area contributed by atoms with E-state index in [9.17, 15) is 0 Å². The van der Waals surface area contributed by atoms with Crippen molar-refractivity contribution >= 4 is 11.8 Å². The summed E-state index contributed by atoms with van der Waals surface area (Å²) in [5.74, 6) is 2.63. The smallest absolute Gasteiger partial charge is 0.225 e. The molecular weight excluding hydrogens is 302 g/mol. The molecule has 1 aliphatic rings. The van der Waals surface area contributed by atoms with Gasteiger partial charge in [0, 0.05) is 50.5 Å². The van der Waals surface area contributed by atoms with Gasteiger partial charge in [0.05, 0.1) is 0 Å². The molecule has 0 radical (unpaired) electrons. The highest BCUT2D eigenvalue weighted by Crippen LogP contribution is 2.18. The zero-order chi connectivity index (χ0) is 16.4. The Hall–Kier alpha value is -2.96. The maximum absolute atomic E-state index is 4.73. The SMILES string of the molecule is Cc1ccnc(N2CCN(c3cccc(-n4cccn4)n3)CC2)n1. The Morgan fingerprint density at radius 1 is 0.833 bits per heavy atom. The average Bonchev–Trinajstić information content (AvgIpc) is 3.17. The molecule has 4 heterocycles. The number of aryl methyl sites for hydroxylation is 1. The lowest BCUT2D eigenvalue weighted by molar-refractivity contribution is 0.632. The highest BCUT2D eigenvalue weighted by atomic mass is 15.3. The lowest BCUT2D eigenvalue weighted by atomic mass is 10.3. The fourth-order valence-electron chi connectivity index (χ4n) is 2.84. The van der Waals surface area contributed by atoms with Gasteiger partial charge in [0.1, 0.15) is 5.82 Å². The molecule has 24 heavy (non-hydrogen) atoms. The third-order valence-electron chi connectivity index (χ3n) is 4.13. The zero-order valence-corrected chi connectivity index (χ0v) is 13.6. The number of nitrogens with zero attached hydrogens (tertiary/aromatic N) is 7. The van der Waals surface area contributed by atoms with E-state index >= 15 is 0 Å². The largest absolute Gasteiger partial charge is 0.353 e. The Bertz CT molecular complexity index is 807. The van der Waals surface area contributed by atoms with E-state index in [0.717, 1.165) is 49.5 Å². The second kappa shape index (κ2) is 6.27. The fraction of sp³-hybridized carbons (Fsp3) is 0.294. The van der Waals surface area contributed by atoms with Crippen LogP contribution in [0.15, 0.2) is 48.9 Å². The van der Waals surface area contributed by atoms with E-state index < -0.39 is 0 Å². The van der Waals surface area contributed by atoms with E-state index in [4.69, 9.17) is 4.98 Å². The van der Waals surface area contributed by atoms with Crippen molar-refractivity contribution in [1.29, 1.82) is 0 Å². The molecule has 1 saturated heterocycles. The number of pyridine rings is 1. The molecule has 0 aliphatic carbocycles. The number of piperazine rings is 1. The van der Waals surface area contributed by atoms with E-state index in [0.29, 0.717) is 0 Å². The van der Waals surface area contributed by atoms with E-state index in [1.807, 2.05) is 49.6 Å². The van der Waals surface area contributed by atoms with Gasteiger partial charge >= 0.3 is 0 Å². The quantitative estimate of drug-likeness (QED) is 0.731. The van der Waals surface area contributed by atoms with Crippen LogP contribution in [-0.2, 0) is 0 Å². The fourth-order valence-corrected chi connectivity index (χ4v) is 2.84. The van der Waals surface area contributed by atoms with Crippen molar-refractivity contribution in [3.63, 3.8) is 0 Å². The first-order valence-corrected chi connectivity index (χ1v) is 8.06. The third-order valence-corrected chi connectivity index (χ3v) is 4.13. The Morgan fingerprint density at radius 3 is 2.38 bits per heavy atom. The maximum atomic E-state index is 4.73. The van der Waals surface area contributed by atoms with Gasteiger partial charge in [-0.2, -0.15) is 5.10 Å². The molecular formula is C17H19N7. The molecule has 1 aliphatic heterocycles. The van der Waals surface area contributed by atoms with Crippen molar-refractivity contribution in [2.45, 2.75) is 6.92 Å². The van der Waals surface area contributed by atoms with Crippen LogP contribution in [0.3, 0.4) is 0 Å². The topological polar surface area (TPSA) is 63.0 Å². The summed E-state index contributed by atoms with van der Waals surface area (Å²) >= 11 is 0. The molecule has 0 bridgehead atoms. The molecule has 7 nitrogen and oxygen atoms in total. The van der Waals surface area contributed by atoms with Crippen LogP contribution in [0.4, 0.5) is 11.8 Å². The standard InChI is InChI=1S/C17H19N7/c1-14-6-8-18-17(20-14)23-12-10-22(11-13-23)15-4-2-5-16(21-15)24-9-3-7-19-24/h2-9H,10-13H2,1H3. The van der Waals surface area contributed by atoms with Crippen molar-refractivity contribution in [1.82, 2.24) is 24.7 Å². The van der Waals surface area contributed by atoms with Gasteiger partial charge < -0.3 is 9.80 Å². The van der Waals surface area contributed by atoms with Crippen LogP contribution in [0, 0.1) is 6.92 Å². The number of hydrogen-bond donors (Lipinski definition) is 0. The molecule has 0 unspecified atom stereocenters. The minimum Gasteiger partial charge on any atom is -0.353 e. The number of rotatable bonds is 3. The van der Waals surface area contributed by atoms with Crippen LogP contribution < -0.4 is 9.80 Å². The Kier molecular flexibility index (Phi) is 3.82. The van der Waals surface area contributed by atoms with Gasteiger partial charge in [0.25, 0.3) is 0 Å². The Balaban J connectivity index is 1.47. The average molecular weight is 321 g/mol. The summed E-state index contributed by atoms with van der Waals surface area (Å²) in [5, 5.41) is 4.24. The van der Waals surface area contributed by atoms with Crippen molar-refractivity contribution in [2.75, 3.05) is 36.0 Å². The molecule has 0 spiro atoms. The predicted octanol–water partition coefficient (Wildman–Crippen LogP) is 1.69. The number of hydrogen-bond acceptors (Lipinski definition) is 6. The molecule has 4 rings (SSSR count). The van der Waals surface area contributed by atoms with Crippen LogP contribution in [-0.4, -0.2) is 50.9 Å². The summed E-state index contributed by atoms with van der Waals surface area (Å²) in [5.41, 5.74) is 0.996. The van der Waals surface area contributed by atoms with Crippen molar-refractivity contribution in [3.8, 4) is 5.82 Å². The molecule has 1 fully saturated rings. The number of anilines is 2. The van der Waals surface area contributed by atoms with Crippen LogP contribution in [0.1, 0.15) is 5.69 Å². The summed E-state index contributed by atoms with van der Waals surface area (Å²) in [7, 11) is 0. The molecule has 122 valence electrons. The summed E-state index contributed by atoms with van der Waals surface area (Å²) in [6.07, 6.45) is 5.48. The normalized spacial score (nSPS) is 14.9. The minimum absolute atomic E-state index is 0.813. The van der Waals surface area contributed by atoms with E-state index in [1.54, 1.807) is 10.9 Å². The molecule has 0 amide bonds. The van der Waals surface area contributed by atoms with Crippen molar-refractivity contribution in [2.24, 2.45) is 0 Å². The lowest BCUT2D eigenvalue weighted by Crippen LogP contribution is -2.47. The lowest BCUT2D eigenvalue weighted by Gasteiger charge is -2.35. The van der Waals surface area contributed by atoms with Gasteiger partial charge in [-0.05, 0) is 31.2 Å². The first-order valence-electron chi connectivity index (χ1n) is 8.06. The highest BCUT2D eigenvalue weighted by molar-refractivity contribution is 5.45. The monoisotopic (exact) mass is 321 g/mol. The molecule has 7 heteroatoms. The predicted molar refractivity (Wildman–Crippen MR) is 92.6 cm³/mol. The van der Waals surface area contributed by atoms with Gasteiger partial charge in [-0.15, -0.1) is 0 Å². The summed E-state index contributed by atoms with van der Waals surface area (Å²) in [4.78, 5) is 18.1. The van der Waals surface area contributed by atoms with Crippen molar-refractivity contribution in [3.05, 3.63) is 54.6 Å². The van der Waals surface area contributed by atoms with Gasteiger partial charge in [0.15, 0.2) is 5.82 Å². The second-order valence-electron chi connectivity index (χ2n) is 5.78. The van der Waals surface area contributed by atoms with Gasteiger partial charge in [-0.25, -0.2) is 19.6 Å². The van der Waals surface area contributed by atoms with Crippen LogP contribution in [0.2, 0.25) is 0 Å². The number of aromatic nitrogens is 5. The van der Waals surface area contributed by atoms with Crippen LogP contribution in [0.25, 0.3) is 5.82 Å². The van der Waals surface area contributed by atoms with Gasteiger partial charge in [0.2, 0.25) is 5.95 Å². The molecule has 0 atom stereocenters. The Labute approximate surface area is 140 Å². The van der Waals surface area contributed by atoms with Gasteiger partial charge in [-0.1, -0.05) is 6.07 Å². The van der Waals surface area contributed by atoms with E-state index in [2.05, 4.69) is 24.9 Å². The highest BCUT2D eigenvalue weighted by Gasteiger charge is 2.20. The molecule has 0 saturated carbocycles.